The van der Waals surface area contributed by atoms with Gasteiger partial charge in [-0.2, -0.15) is 0 Å². The molecule has 0 atom stereocenters. The van der Waals surface area contributed by atoms with Gasteiger partial charge in [-0.3, -0.25) is 4.79 Å². The number of carboxylic acid groups (broad SMARTS) is 1. The Morgan fingerprint density at radius 2 is 2.12 bits per heavy atom. The van der Waals surface area contributed by atoms with Crippen LogP contribution in [0.25, 0.3) is 0 Å². The van der Waals surface area contributed by atoms with Crippen molar-refractivity contribution in [1.82, 2.24) is 0 Å². The van der Waals surface area contributed by atoms with Gasteiger partial charge in [-0.15, -0.1) is 0 Å². The van der Waals surface area contributed by atoms with E-state index in [-0.39, 0.29) is 12.2 Å². The standard InChI is InChI=1S/C13H17FO3/c1-13(2,7-12(15)16)10-5-4-9(8-17-3)6-11(10)14/h4-6H,7-8H2,1-3H3,(H,15,16). The van der Waals surface area contributed by atoms with Gasteiger partial charge >= 0.3 is 5.97 Å². The van der Waals surface area contributed by atoms with Crippen LogP contribution in [0, 0.1) is 5.82 Å². The van der Waals surface area contributed by atoms with Crippen LogP contribution >= 0.6 is 0 Å². The average Bonchev–Trinajstić information content (AvgIpc) is 2.15. The molecule has 0 aliphatic heterocycles. The molecule has 0 amide bonds. The van der Waals surface area contributed by atoms with Crippen LogP contribution in [0.5, 0.6) is 0 Å². The van der Waals surface area contributed by atoms with Crippen LogP contribution in [0.15, 0.2) is 18.2 Å². The fourth-order valence-corrected chi connectivity index (χ4v) is 1.84. The first-order valence-electron chi connectivity index (χ1n) is 5.36. The number of carbonyl (C=O) groups is 1. The van der Waals surface area contributed by atoms with E-state index in [1.165, 1.54) is 6.07 Å². The molecule has 0 aromatic heterocycles. The maximum atomic E-state index is 13.9. The van der Waals surface area contributed by atoms with E-state index in [4.69, 9.17) is 9.84 Å². The van der Waals surface area contributed by atoms with Crippen LogP contribution < -0.4 is 0 Å². The van der Waals surface area contributed by atoms with Crippen LogP contribution in [0.3, 0.4) is 0 Å². The first-order chi connectivity index (χ1) is 7.86. The van der Waals surface area contributed by atoms with Gasteiger partial charge in [-0.05, 0) is 17.2 Å². The molecule has 0 fully saturated rings. The Bertz CT molecular complexity index is 413. The van der Waals surface area contributed by atoms with Crippen molar-refractivity contribution in [3.63, 3.8) is 0 Å². The topological polar surface area (TPSA) is 46.5 Å². The van der Waals surface area contributed by atoms with Gasteiger partial charge in [0.15, 0.2) is 0 Å². The molecule has 3 nitrogen and oxygen atoms in total. The molecule has 17 heavy (non-hydrogen) atoms. The molecule has 1 aromatic rings. The van der Waals surface area contributed by atoms with Gasteiger partial charge in [-0.1, -0.05) is 26.0 Å². The lowest BCUT2D eigenvalue weighted by Crippen LogP contribution is -2.23. The number of rotatable bonds is 5. The Balaban J connectivity index is 3.02. The Labute approximate surface area is 100 Å². The number of ether oxygens (including phenoxy) is 1. The number of halogens is 1. The van der Waals surface area contributed by atoms with Crippen LogP contribution in [-0.2, 0) is 21.6 Å². The Hall–Kier alpha value is -1.42. The molecule has 0 aliphatic carbocycles. The quantitative estimate of drug-likeness (QED) is 0.860. The minimum atomic E-state index is -0.935. The maximum Gasteiger partial charge on any atom is 0.304 e. The summed E-state index contributed by atoms with van der Waals surface area (Å²) in [5.74, 6) is -1.32. The Kier molecular flexibility index (Phi) is 4.23. The first kappa shape index (κ1) is 13.6. The minimum Gasteiger partial charge on any atom is -0.481 e. The molecule has 0 aliphatic rings. The van der Waals surface area contributed by atoms with Gasteiger partial charge in [0.05, 0.1) is 13.0 Å². The first-order valence-corrected chi connectivity index (χ1v) is 5.36. The normalized spacial score (nSPS) is 11.5. The highest BCUT2D eigenvalue weighted by molar-refractivity contribution is 5.68. The second kappa shape index (κ2) is 5.27. The van der Waals surface area contributed by atoms with Crippen LogP contribution in [0.2, 0.25) is 0 Å². The summed E-state index contributed by atoms with van der Waals surface area (Å²) < 4.78 is 18.8. The second-order valence-electron chi connectivity index (χ2n) is 4.70. The minimum absolute atomic E-state index is 0.104. The van der Waals surface area contributed by atoms with E-state index in [0.717, 1.165) is 5.56 Å². The largest absolute Gasteiger partial charge is 0.481 e. The highest BCUT2D eigenvalue weighted by Gasteiger charge is 2.27. The van der Waals surface area contributed by atoms with Crippen LogP contribution in [-0.4, -0.2) is 18.2 Å². The lowest BCUT2D eigenvalue weighted by Gasteiger charge is -2.23. The molecule has 0 bridgehead atoms. The molecule has 0 saturated carbocycles. The van der Waals surface area contributed by atoms with Crippen molar-refractivity contribution in [2.45, 2.75) is 32.3 Å². The summed E-state index contributed by atoms with van der Waals surface area (Å²) in [6.45, 7) is 3.78. The molecule has 94 valence electrons. The third-order valence-corrected chi connectivity index (χ3v) is 2.67. The number of benzene rings is 1. The van der Waals surface area contributed by atoms with E-state index in [2.05, 4.69) is 0 Å². The summed E-state index contributed by atoms with van der Waals surface area (Å²) in [4.78, 5) is 10.7. The molecule has 0 unspecified atom stereocenters. The lowest BCUT2D eigenvalue weighted by molar-refractivity contribution is -0.138. The molecule has 4 heteroatoms. The summed E-state index contributed by atoms with van der Waals surface area (Å²) in [5.41, 5.74) is 0.432. The van der Waals surface area contributed by atoms with Crippen molar-refractivity contribution < 1.29 is 19.0 Å². The van der Waals surface area contributed by atoms with E-state index in [0.29, 0.717) is 12.2 Å². The monoisotopic (exact) mass is 240 g/mol. The molecular formula is C13H17FO3. The van der Waals surface area contributed by atoms with Gasteiger partial charge in [0, 0.05) is 12.5 Å². The SMILES string of the molecule is COCc1ccc(C(C)(C)CC(=O)O)c(F)c1. The zero-order valence-electron chi connectivity index (χ0n) is 10.3. The fraction of sp³-hybridized carbons (Fsp3) is 0.462. The average molecular weight is 240 g/mol. The number of carboxylic acids is 1. The molecule has 0 heterocycles. The molecule has 0 radical (unpaired) electrons. The molecule has 1 rings (SSSR count). The van der Waals surface area contributed by atoms with Gasteiger partial charge in [0.2, 0.25) is 0 Å². The van der Waals surface area contributed by atoms with Gasteiger partial charge in [0.1, 0.15) is 5.82 Å². The Morgan fingerprint density at radius 1 is 1.47 bits per heavy atom. The molecule has 1 aromatic carbocycles. The van der Waals surface area contributed by atoms with Gasteiger partial charge in [-0.25, -0.2) is 4.39 Å². The zero-order valence-corrected chi connectivity index (χ0v) is 10.3. The fourth-order valence-electron chi connectivity index (χ4n) is 1.84. The van der Waals surface area contributed by atoms with Gasteiger partial charge in [0.25, 0.3) is 0 Å². The molecular weight excluding hydrogens is 223 g/mol. The van der Waals surface area contributed by atoms with E-state index < -0.39 is 11.4 Å². The van der Waals surface area contributed by atoms with E-state index in [1.54, 1.807) is 33.1 Å². The van der Waals surface area contributed by atoms with Crippen molar-refractivity contribution >= 4 is 5.97 Å². The number of hydrogen-bond donors (Lipinski definition) is 1. The summed E-state index contributed by atoms with van der Waals surface area (Å²) in [7, 11) is 1.54. The molecule has 1 N–H and O–H groups in total. The van der Waals surface area contributed by atoms with E-state index in [9.17, 15) is 9.18 Å². The third-order valence-electron chi connectivity index (χ3n) is 2.67. The van der Waals surface area contributed by atoms with Crippen molar-refractivity contribution in [3.8, 4) is 0 Å². The van der Waals surface area contributed by atoms with E-state index in [1.807, 2.05) is 0 Å². The maximum absolute atomic E-state index is 13.9. The number of aliphatic carboxylic acids is 1. The zero-order chi connectivity index (χ0) is 13.1. The van der Waals surface area contributed by atoms with Crippen LogP contribution in [0.1, 0.15) is 31.4 Å². The van der Waals surface area contributed by atoms with Gasteiger partial charge < -0.3 is 9.84 Å². The summed E-state index contributed by atoms with van der Waals surface area (Å²) in [6, 6.07) is 4.78. The second-order valence-corrected chi connectivity index (χ2v) is 4.70. The number of hydrogen-bond acceptors (Lipinski definition) is 2. The number of methoxy groups -OCH3 is 1. The van der Waals surface area contributed by atoms with Crippen molar-refractivity contribution in [2.24, 2.45) is 0 Å². The molecule has 0 spiro atoms. The third kappa shape index (κ3) is 3.53. The lowest BCUT2D eigenvalue weighted by atomic mass is 9.81. The highest BCUT2D eigenvalue weighted by Crippen LogP contribution is 2.29. The Morgan fingerprint density at radius 3 is 2.59 bits per heavy atom. The highest BCUT2D eigenvalue weighted by atomic mass is 19.1. The van der Waals surface area contributed by atoms with Crippen molar-refractivity contribution in [3.05, 3.63) is 35.1 Å². The van der Waals surface area contributed by atoms with E-state index >= 15 is 0 Å². The summed E-state index contributed by atoms with van der Waals surface area (Å²) >= 11 is 0. The predicted octanol–water partition coefficient (Wildman–Crippen LogP) is 2.72. The molecule has 0 saturated heterocycles. The van der Waals surface area contributed by atoms with Crippen molar-refractivity contribution in [2.75, 3.05) is 7.11 Å². The van der Waals surface area contributed by atoms with Crippen molar-refractivity contribution in [1.29, 1.82) is 0 Å². The predicted molar refractivity (Wildman–Crippen MR) is 62.4 cm³/mol. The summed E-state index contributed by atoms with van der Waals surface area (Å²) in [6.07, 6.45) is -0.104. The van der Waals surface area contributed by atoms with Crippen LogP contribution in [0.4, 0.5) is 4.39 Å². The summed E-state index contributed by atoms with van der Waals surface area (Å²) in [5, 5.41) is 8.80. The smallest absolute Gasteiger partial charge is 0.304 e.